The molecule has 1 amide bonds. The summed E-state index contributed by atoms with van der Waals surface area (Å²) in [6, 6.07) is 0.385. The van der Waals surface area contributed by atoms with E-state index in [9.17, 15) is 4.79 Å². The summed E-state index contributed by atoms with van der Waals surface area (Å²) in [4.78, 5) is 18.6. The van der Waals surface area contributed by atoms with E-state index in [1.807, 2.05) is 9.58 Å². The van der Waals surface area contributed by atoms with E-state index in [0.29, 0.717) is 24.4 Å². The smallest absolute Gasteiger partial charge is 0.226 e. The van der Waals surface area contributed by atoms with Crippen LogP contribution in [0.2, 0.25) is 0 Å². The van der Waals surface area contributed by atoms with Gasteiger partial charge in [-0.05, 0) is 38.1 Å². The number of likely N-dealkylation sites (tertiary alicyclic amines) is 1. The SMILES string of the molecule is Cl.NC[C@H]1CCC[C@H]1C(=O)N1CCC(n2cncn2)CC1. The molecule has 21 heavy (non-hydrogen) atoms. The van der Waals surface area contributed by atoms with Crippen molar-refractivity contribution in [1.29, 1.82) is 0 Å². The first-order valence-corrected chi connectivity index (χ1v) is 7.62. The normalized spacial score (nSPS) is 26.6. The first-order chi connectivity index (χ1) is 9.79. The van der Waals surface area contributed by atoms with E-state index >= 15 is 0 Å². The maximum Gasteiger partial charge on any atom is 0.226 e. The van der Waals surface area contributed by atoms with Gasteiger partial charge in [-0.1, -0.05) is 6.42 Å². The van der Waals surface area contributed by atoms with E-state index in [4.69, 9.17) is 5.73 Å². The summed E-state index contributed by atoms with van der Waals surface area (Å²) in [5.41, 5.74) is 5.79. The van der Waals surface area contributed by atoms with Gasteiger partial charge in [0.2, 0.25) is 5.91 Å². The standard InChI is InChI=1S/C14H23N5O.ClH/c15-8-11-2-1-3-13(11)14(20)18-6-4-12(5-7-18)19-10-16-9-17-19;/h9-13H,1-8,15H2;1H/t11-,13-;/m1./s1. The number of aromatic nitrogens is 3. The fraction of sp³-hybridized carbons (Fsp3) is 0.786. The van der Waals surface area contributed by atoms with Crippen molar-refractivity contribution in [2.45, 2.75) is 38.1 Å². The highest BCUT2D eigenvalue weighted by Crippen LogP contribution is 2.33. The molecule has 118 valence electrons. The molecule has 1 aliphatic carbocycles. The molecule has 0 bridgehead atoms. The average Bonchev–Trinajstić information content (AvgIpc) is 3.17. The highest BCUT2D eigenvalue weighted by atomic mass is 35.5. The van der Waals surface area contributed by atoms with Gasteiger partial charge in [-0.3, -0.25) is 4.79 Å². The molecule has 0 unspecified atom stereocenters. The molecule has 1 aliphatic heterocycles. The summed E-state index contributed by atoms with van der Waals surface area (Å²) < 4.78 is 1.92. The molecule has 6 nitrogen and oxygen atoms in total. The first-order valence-electron chi connectivity index (χ1n) is 7.62. The lowest BCUT2D eigenvalue weighted by atomic mass is 9.93. The number of hydrogen-bond donors (Lipinski definition) is 1. The average molecular weight is 314 g/mol. The molecule has 2 N–H and O–H groups in total. The Hall–Kier alpha value is -1.14. The third-order valence-electron chi connectivity index (χ3n) is 4.87. The number of piperidine rings is 1. The van der Waals surface area contributed by atoms with E-state index in [-0.39, 0.29) is 18.3 Å². The van der Waals surface area contributed by atoms with Crippen LogP contribution in [0, 0.1) is 11.8 Å². The van der Waals surface area contributed by atoms with Crippen LogP contribution in [0.4, 0.5) is 0 Å². The van der Waals surface area contributed by atoms with Crippen molar-refractivity contribution < 1.29 is 4.79 Å². The molecule has 1 aromatic heterocycles. The summed E-state index contributed by atoms with van der Waals surface area (Å²) in [7, 11) is 0. The van der Waals surface area contributed by atoms with Gasteiger partial charge in [0.1, 0.15) is 12.7 Å². The number of rotatable bonds is 3. The molecular weight excluding hydrogens is 290 g/mol. The maximum atomic E-state index is 12.6. The topological polar surface area (TPSA) is 77.0 Å². The molecule has 1 saturated carbocycles. The molecule has 0 aromatic carbocycles. The monoisotopic (exact) mass is 313 g/mol. The van der Waals surface area contributed by atoms with Crippen molar-refractivity contribution in [3.05, 3.63) is 12.7 Å². The van der Waals surface area contributed by atoms with Gasteiger partial charge in [0.15, 0.2) is 0 Å². The Labute approximate surface area is 131 Å². The number of amides is 1. The van der Waals surface area contributed by atoms with Crippen LogP contribution in [0.15, 0.2) is 12.7 Å². The van der Waals surface area contributed by atoms with Crippen LogP contribution >= 0.6 is 12.4 Å². The second-order valence-electron chi connectivity index (χ2n) is 5.97. The molecule has 2 aliphatic rings. The van der Waals surface area contributed by atoms with Gasteiger partial charge in [0, 0.05) is 19.0 Å². The van der Waals surface area contributed by atoms with E-state index in [0.717, 1.165) is 45.2 Å². The second kappa shape index (κ2) is 7.22. The number of carbonyl (C=O) groups excluding carboxylic acids is 1. The van der Waals surface area contributed by atoms with Crippen LogP contribution in [0.5, 0.6) is 0 Å². The number of halogens is 1. The number of nitrogens with two attached hydrogens (primary N) is 1. The van der Waals surface area contributed by atoms with Crippen molar-refractivity contribution in [1.82, 2.24) is 19.7 Å². The van der Waals surface area contributed by atoms with Crippen molar-refractivity contribution in [2.75, 3.05) is 19.6 Å². The summed E-state index contributed by atoms with van der Waals surface area (Å²) >= 11 is 0. The van der Waals surface area contributed by atoms with Crippen molar-refractivity contribution in [3.8, 4) is 0 Å². The van der Waals surface area contributed by atoms with Gasteiger partial charge in [-0.15, -0.1) is 12.4 Å². The predicted octanol–water partition coefficient (Wildman–Crippen LogP) is 1.24. The largest absolute Gasteiger partial charge is 0.342 e. The zero-order valence-electron chi connectivity index (χ0n) is 12.2. The predicted molar refractivity (Wildman–Crippen MR) is 82.0 cm³/mol. The van der Waals surface area contributed by atoms with E-state index < -0.39 is 0 Å². The number of hydrogen-bond acceptors (Lipinski definition) is 4. The van der Waals surface area contributed by atoms with Gasteiger partial charge in [-0.2, -0.15) is 5.10 Å². The molecule has 7 heteroatoms. The Morgan fingerprint density at radius 3 is 2.62 bits per heavy atom. The highest BCUT2D eigenvalue weighted by Gasteiger charge is 2.36. The Bertz CT molecular complexity index is 444. The van der Waals surface area contributed by atoms with Gasteiger partial charge in [-0.25, -0.2) is 9.67 Å². The minimum Gasteiger partial charge on any atom is -0.342 e. The molecule has 3 rings (SSSR count). The molecular formula is C14H24ClN5O. The quantitative estimate of drug-likeness (QED) is 0.910. The third kappa shape index (κ3) is 3.37. The minimum atomic E-state index is 0. The van der Waals surface area contributed by atoms with Crippen molar-refractivity contribution in [3.63, 3.8) is 0 Å². The second-order valence-corrected chi connectivity index (χ2v) is 5.97. The van der Waals surface area contributed by atoms with Gasteiger partial charge >= 0.3 is 0 Å². The Morgan fingerprint density at radius 2 is 2.00 bits per heavy atom. The Morgan fingerprint density at radius 1 is 1.24 bits per heavy atom. The summed E-state index contributed by atoms with van der Waals surface area (Å²) in [5, 5.41) is 4.20. The summed E-state index contributed by atoms with van der Waals surface area (Å²) in [6.45, 7) is 2.31. The van der Waals surface area contributed by atoms with Crippen LogP contribution in [0.3, 0.4) is 0 Å². The van der Waals surface area contributed by atoms with Crippen LogP contribution in [0.1, 0.15) is 38.1 Å². The Balaban J connectivity index is 0.00000161. The third-order valence-corrected chi connectivity index (χ3v) is 4.87. The van der Waals surface area contributed by atoms with Crippen LogP contribution in [-0.4, -0.2) is 45.2 Å². The molecule has 0 radical (unpaired) electrons. The molecule has 2 fully saturated rings. The van der Waals surface area contributed by atoms with E-state index in [2.05, 4.69) is 10.1 Å². The van der Waals surface area contributed by atoms with Gasteiger partial charge in [0.05, 0.1) is 6.04 Å². The highest BCUT2D eigenvalue weighted by molar-refractivity contribution is 5.85. The van der Waals surface area contributed by atoms with Gasteiger partial charge < -0.3 is 10.6 Å². The zero-order valence-corrected chi connectivity index (χ0v) is 13.0. The molecule has 2 heterocycles. The van der Waals surface area contributed by atoms with E-state index in [1.54, 1.807) is 12.7 Å². The molecule has 2 atom stereocenters. The maximum absolute atomic E-state index is 12.6. The zero-order chi connectivity index (χ0) is 13.9. The lowest BCUT2D eigenvalue weighted by Gasteiger charge is -2.34. The minimum absolute atomic E-state index is 0. The lowest BCUT2D eigenvalue weighted by molar-refractivity contribution is -0.138. The number of nitrogens with zero attached hydrogens (tertiary/aromatic N) is 4. The first kappa shape index (κ1) is 16.2. The summed E-state index contributed by atoms with van der Waals surface area (Å²) in [6.07, 6.45) is 8.55. The van der Waals surface area contributed by atoms with Crippen LogP contribution in [-0.2, 0) is 4.79 Å². The van der Waals surface area contributed by atoms with E-state index in [1.165, 1.54) is 0 Å². The van der Waals surface area contributed by atoms with Crippen LogP contribution in [0.25, 0.3) is 0 Å². The molecule has 0 spiro atoms. The van der Waals surface area contributed by atoms with Crippen molar-refractivity contribution >= 4 is 18.3 Å². The fourth-order valence-corrected chi connectivity index (χ4v) is 3.64. The van der Waals surface area contributed by atoms with Gasteiger partial charge in [0.25, 0.3) is 0 Å². The Kier molecular flexibility index (Phi) is 5.58. The number of carbonyl (C=O) groups is 1. The van der Waals surface area contributed by atoms with Crippen molar-refractivity contribution in [2.24, 2.45) is 17.6 Å². The lowest BCUT2D eigenvalue weighted by Crippen LogP contribution is -2.43. The molecule has 1 aromatic rings. The summed E-state index contributed by atoms with van der Waals surface area (Å²) in [5.74, 6) is 0.897. The molecule has 1 saturated heterocycles. The van der Waals surface area contributed by atoms with Crippen LogP contribution < -0.4 is 5.73 Å². The fourth-order valence-electron chi connectivity index (χ4n) is 3.64.